The molecule has 4 aromatic rings. The summed E-state index contributed by atoms with van der Waals surface area (Å²) in [7, 11) is 3.35. The van der Waals surface area contributed by atoms with Crippen molar-refractivity contribution in [3.8, 4) is 11.5 Å². The van der Waals surface area contributed by atoms with Crippen LogP contribution in [0.1, 0.15) is 15.9 Å². The highest BCUT2D eigenvalue weighted by Gasteiger charge is 2.17. The molecule has 0 amide bonds. The number of non-ortho nitro benzene ring substituents is 1. The van der Waals surface area contributed by atoms with Crippen LogP contribution in [0.2, 0.25) is 5.02 Å². The first-order valence-corrected chi connectivity index (χ1v) is 14.3. The monoisotopic (exact) mass is 627 g/mol. The normalized spacial score (nSPS) is 11.2. The van der Waals surface area contributed by atoms with Crippen molar-refractivity contribution >= 4 is 44.8 Å². The van der Waals surface area contributed by atoms with E-state index in [0.29, 0.717) is 46.2 Å². The van der Waals surface area contributed by atoms with E-state index in [-0.39, 0.29) is 29.5 Å². The van der Waals surface area contributed by atoms with Crippen LogP contribution in [0.15, 0.2) is 60.7 Å². The molecule has 0 aliphatic rings. The molecule has 44 heavy (non-hydrogen) atoms. The maximum absolute atomic E-state index is 12.1. The lowest BCUT2D eigenvalue weighted by Gasteiger charge is -2.16. The van der Waals surface area contributed by atoms with E-state index in [9.17, 15) is 14.9 Å². The van der Waals surface area contributed by atoms with E-state index in [2.05, 4.69) is 6.07 Å². The lowest BCUT2D eigenvalue weighted by molar-refractivity contribution is -0.384. The fraction of sp³-hybridized carbons (Fsp3) is 0.344. The molecule has 4 aromatic carbocycles. The average Bonchev–Trinajstić information content (AvgIpc) is 3.03. The predicted molar refractivity (Wildman–Crippen MR) is 165 cm³/mol. The number of benzene rings is 4. The van der Waals surface area contributed by atoms with E-state index in [4.69, 9.17) is 44.8 Å². The molecule has 0 unspecified atom stereocenters. The topological polar surface area (TPSA) is 125 Å². The van der Waals surface area contributed by atoms with Gasteiger partial charge in [-0.15, -0.1) is 0 Å². The zero-order valence-electron chi connectivity index (χ0n) is 24.5. The maximum Gasteiger partial charge on any atom is 0.339 e. The summed E-state index contributed by atoms with van der Waals surface area (Å²) in [5.74, 6) is 0.864. The summed E-state index contributed by atoms with van der Waals surface area (Å²) in [6.45, 7) is 2.84. The van der Waals surface area contributed by atoms with Crippen LogP contribution < -0.4 is 9.47 Å². The molecule has 0 aliphatic heterocycles. The molecule has 0 radical (unpaired) electrons. The standard InChI is InChI=1S/C32H34ClNO10/c1-38-30-24-5-3-4-6-25(24)31(39-2)27-19-22(7-9-26(27)30)21-43-16-15-41-12-11-40-13-14-42-17-18-44-32(35)28-20-23(34(36)37)8-10-29(28)33/h3-10,19-20H,11-18,21H2,1-2H3. The first-order valence-electron chi connectivity index (χ1n) is 13.9. The summed E-state index contributed by atoms with van der Waals surface area (Å²) in [5, 5.41) is 14.9. The molecule has 4 rings (SSSR count). The third-order valence-electron chi connectivity index (χ3n) is 6.62. The number of halogens is 1. The van der Waals surface area contributed by atoms with Crippen molar-refractivity contribution in [3.63, 3.8) is 0 Å². The summed E-state index contributed by atoms with van der Waals surface area (Å²) < 4.78 is 38.8. The van der Waals surface area contributed by atoms with Crippen molar-refractivity contribution in [2.24, 2.45) is 0 Å². The molecule has 0 spiro atoms. The Labute approximate surface area is 259 Å². The van der Waals surface area contributed by atoms with Crippen molar-refractivity contribution in [2.75, 3.05) is 67.1 Å². The predicted octanol–water partition coefficient (Wildman–Crippen LogP) is 6.00. The quantitative estimate of drug-likeness (QED) is 0.0427. The Hall–Kier alpha value is -4.00. The molecule has 234 valence electrons. The average molecular weight is 628 g/mol. The molecular formula is C32H34ClNO10. The van der Waals surface area contributed by atoms with E-state index in [1.807, 2.05) is 36.4 Å². The lowest BCUT2D eigenvalue weighted by Crippen LogP contribution is -2.15. The summed E-state index contributed by atoms with van der Waals surface area (Å²) in [5.41, 5.74) is 0.696. The highest BCUT2D eigenvalue weighted by molar-refractivity contribution is 6.33. The summed E-state index contributed by atoms with van der Waals surface area (Å²) in [6.07, 6.45) is 0. The maximum atomic E-state index is 12.1. The van der Waals surface area contributed by atoms with Gasteiger partial charge in [0.2, 0.25) is 0 Å². The van der Waals surface area contributed by atoms with Gasteiger partial charge in [-0.3, -0.25) is 10.1 Å². The van der Waals surface area contributed by atoms with E-state index in [0.717, 1.165) is 44.7 Å². The number of nitro benzene ring substituents is 1. The molecule has 0 heterocycles. The van der Waals surface area contributed by atoms with Crippen LogP contribution in [0.4, 0.5) is 5.69 Å². The number of methoxy groups -OCH3 is 2. The van der Waals surface area contributed by atoms with Crippen molar-refractivity contribution in [3.05, 3.63) is 86.9 Å². The van der Waals surface area contributed by atoms with Crippen LogP contribution in [0.5, 0.6) is 11.5 Å². The van der Waals surface area contributed by atoms with E-state index in [1.165, 1.54) is 12.1 Å². The molecule has 0 bridgehead atoms. The van der Waals surface area contributed by atoms with E-state index >= 15 is 0 Å². The Balaban J connectivity index is 1.06. The minimum absolute atomic E-state index is 0.0290. The van der Waals surface area contributed by atoms with Gasteiger partial charge >= 0.3 is 5.97 Å². The van der Waals surface area contributed by atoms with Gasteiger partial charge in [-0.25, -0.2) is 4.79 Å². The number of carbonyl (C=O) groups excluding carboxylic acids is 1. The fourth-order valence-electron chi connectivity index (χ4n) is 4.58. The van der Waals surface area contributed by atoms with Crippen LogP contribution in [0.3, 0.4) is 0 Å². The summed E-state index contributed by atoms with van der Waals surface area (Å²) in [4.78, 5) is 22.4. The molecule has 0 fully saturated rings. The molecular weight excluding hydrogens is 594 g/mol. The summed E-state index contributed by atoms with van der Waals surface area (Å²) in [6, 6.07) is 17.7. The number of fused-ring (bicyclic) bond motifs is 2. The molecule has 0 atom stereocenters. The first kappa shape index (κ1) is 32.9. The Kier molecular flexibility index (Phi) is 12.5. The van der Waals surface area contributed by atoms with Gasteiger partial charge in [0, 0.05) is 33.7 Å². The second kappa shape index (κ2) is 16.7. The highest BCUT2D eigenvalue weighted by Crippen LogP contribution is 2.42. The molecule has 12 heteroatoms. The zero-order chi connectivity index (χ0) is 31.3. The number of hydrogen-bond acceptors (Lipinski definition) is 10. The Morgan fingerprint density at radius 3 is 1.84 bits per heavy atom. The van der Waals surface area contributed by atoms with Crippen LogP contribution >= 0.6 is 11.6 Å². The lowest BCUT2D eigenvalue weighted by atomic mass is 9.99. The van der Waals surface area contributed by atoms with Gasteiger partial charge in [0.25, 0.3) is 5.69 Å². The molecule has 0 aliphatic carbocycles. The van der Waals surface area contributed by atoms with Crippen molar-refractivity contribution in [1.82, 2.24) is 0 Å². The van der Waals surface area contributed by atoms with Crippen molar-refractivity contribution < 1.29 is 42.9 Å². The van der Waals surface area contributed by atoms with Gasteiger partial charge in [0.15, 0.2) is 0 Å². The summed E-state index contributed by atoms with van der Waals surface area (Å²) >= 11 is 5.93. The van der Waals surface area contributed by atoms with E-state index in [1.54, 1.807) is 14.2 Å². The van der Waals surface area contributed by atoms with Crippen LogP contribution in [-0.4, -0.2) is 78.0 Å². The van der Waals surface area contributed by atoms with Gasteiger partial charge in [0.05, 0.1) is 82.6 Å². The third-order valence-corrected chi connectivity index (χ3v) is 6.95. The van der Waals surface area contributed by atoms with Gasteiger partial charge in [-0.1, -0.05) is 48.0 Å². The Morgan fingerprint density at radius 2 is 1.25 bits per heavy atom. The van der Waals surface area contributed by atoms with Crippen molar-refractivity contribution in [2.45, 2.75) is 6.61 Å². The van der Waals surface area contributed by atoms with Gasteiger partial charge < -0.3 is 33.2 Å². The van der Waals surface area contributed by atoms with Gasteiger partial charge in [-0.2, -0.15) is 0 Å². The molecule has 11 nitrogen and oxygen atoms in total. The number of nitro groups is 1. The number of ether oxygens (including phenoxy) is 7. The number of rotatable bonds is 18. The van der Waals surface area contributed by atoms with Crippen LogP contribution in [0, 0.1) is 10.1 Å². The molecule has 0 saturated heterocycles. The number of esters is 1. The minimum Gasteiger partial charge on any atom is -0.495 e. The number of hydrogen-bond donors (Lipinski definition) is 0. The van der Waals surface area contributed by atoms with Crippen LogP contribution in [0.25, 0.3) is 21.5 Å². The first-order chi connectivity index (χ1) is 21.4. The Bertz CT molecular complexity index is 1580. The van der Waals surface area contributed by atoms with Gasteiger partial charge in [-0.05, 0) is 17.7 Å². The second-order valence-electron chi connectivity index (χ2n) is 9.44. The highest BCUT2D eigenvalue weighted by atomic mass is 35.5. The molecule has 0 N–H and O–H groups in total. The molecule has 0 aromatic heterocycles. The largest absolute Gasteiger partial charge is 0.495 e. The minimum atomic E-state index is -0.758. The zero-order valence-corrected chi connectivity index (χ0v) is 25.3. The number of nitrogens with zero attached hydrogens (tertiary/aromatic N) is 1. The van der Waals surface area contributed by atoms with Crippen molar-refractivity contribution in [1.29, 1.82) is 0 Å². The Morgan fingerprint density at radius 1 is 0.705 bits per heavy atom. The molecule has 0 saturated carbocycles. The number of carbonyl (C=O) groups is 1. The third kappa shape index (κ3) is 8.55. The SMILES string of the molecule is COc1c2ccccc2c(OC)c2cc(COCCOCCOCCOCCOC(=O)c3cc([N+](=O)[O-])ccc3Cl)ccc12. The second-order valence-corrected chi connectivity index (χ2v) is 9.85. The fourth-order valence-corrected chi connectivity index (χ4v) is 4.77. The van der Waals surface area contributed by atoms with E-state index < -0.39 is 10.9 Å². The van der Waals surface area contributed by atoms with Gasteiger partial charge in [0.1, 0.15) is 18.1 Å². The van der Waals surface area contributed by atoms with Crippen LogP contribution in [-0.2, 0) is 30.3 Å². The smallest absolute Gasteiger partial charge is 0.339 e.